The molecule has 0 N–H and O–H groups in total. The van der Waals surface area contributed by atoms with Gasteiger partial charge >= 0.3 is 0 Å². The quantitative estimate of drug-likeness (QED) is 0.619. The standard InChI is InChI=1S/C11H10BrN3O4/c1-2-10-13-14-11(19-10)6-18-9-4-3-7(15(16)17)5-8(9)12/h3-5H,2,6H2,1H3. The van der Waals surface area contributed by atoms with E-state index in [-0.39, 0.29) is 12.3 Å². The zero-order chi connectivity index (χ0) is 13.8. The molecule has 0 saturated carbocycles. The van der Waals surface area contributed by atoms with E-state index < -0.39 is 4.92 Å². The summed E-state index contributed by atoms with van der Waals surface area (Å²) in [6, 6.07) is 4.26. The van der Waals surface area contributed by atoms with Gasteiger partial charge in [-0.2, -0.15) is 0 Å². The predicted molar refractivity (Wildman–Crippen MR) is 68.8 cm³/mol. The first-order chi connectivity index (χ1) is 9.10. The van der Waals surface area contributed by atoms with E-state index in [0.29, 0.717) is 28.4 Å². The normalized spacial score (nSPS) is 10.4. The molecule has 0 amide bonds. The molecule has 1 aromatic heterocycles. The van der Waals surface area contributed by atoms with Gasteiger partial charge in [0, 0.05) is 18.6 Å². The van der Waals surface area contributed by atoms with Crippen LogP contribution in [0, 0.1) is 10.1 Å². The van der Waals surface area contributed by atoms with Crippen molar-refractivity contribution in [2.24, 2.45) is 0 Å². The number of aromatic nitrogens is 2. The molecule has 2 rings (SSSR count). The molecule has 19 heavy (non-hydrogen) atoms. The highest BCUT2D eigenvalue weighted by molar-refractivity contribution is 9.10. The van der Waals surface area contributed by atoms with Crippen molar-refractivity contribution in [3.8, 4) is 5.75 Å². The van der Waals surface area contributed by atoms with Gasteiger partial charge in [-0.1, -0.05) is 6.92 Å². The zero-order valence-corrected chi connectivity index (χ0v) is 11.6. The van der Waals surface area contributed by atoms with Crippen molar-refractivity contribution >= 4 is 21.6 Å². The van der Waals surface area contributed by atoms with Gasteiger partial charge in [-0.25, -0.2) is 0 Å². The van der Waals surface area contributed by atoms with Crippen molar-refractivity contribution in [1.82, 2.24) is 10.2 Å². The third kappa shape index (κ3) is 3.28. The molecule has 0 fully saturated rings. The fraction of sp³-hybridized carbons (Fsp3) is 0.273. The van der Waals surface area contributed by atoms with Gasteiger partial charge in [0.05, 0.1) is 9.40 Å². The van der Waals surface area contributed by atoms with Crippen LogP contribution in [0.5, 0.6) is 5.75 Å². The molecule has 0 atom stereocenters. The summed E-state index contributed by atoms with van der Waals surface area (Å²) in [4.78, 5) is 10.1. The molecular weight excluding hydrogens is 318 g/mol. The molecule has 1 aromatic carbocycles. The Morgan fingerprint density at radius 3 is 2.74 bits per heavy atom. The van der Waals surface area contributed by atoms with Gasteiger partial charge in [-0.15, -0.1) is 10.2 Å². The highest BCUT2D eigenvalue weighted by Crippen LogP contribution is 2.29. The number of ether oxygens (including phenoxy) is 1. The second-order valence-corrected chi connectivity index (χ2v) is 4.46. The monoisotopic (exact) mass is 327 g/mol. The molecular formula is C11H10BrN3O4. The number of rotatable bonds is 5. The summed E-state index contributed by atoms with van der Waals surface area (Å²) in [7, 11) is 0. The Labute approximate surface area is 116 Å². The lowest BCUT2D eigenvalue weighted by Gasteiger charge is -2.05. The van der Waals surface area contributed by atoms with Gasteiger partial charge < -0.3 is 9.15 Å². The number of hydrogen-bond donors (Lipinski definition) is 0. The Hall–Kier alpha value is -1.96. The van der Waals surface area contributed by atoms with Gasteiger partial charge in [0.2, 0.25) is 5.89 Å². The number of halogens is 1. The highest BCUT2D eigenvalue weighted by atomic mass is 79.9. The molecule has 2 aromatic rings. The molecule has 0 spiro atoms. The van der Waals surface area contributed by atoms with Crippen molar-refractivity contribution in [1.29, 1.82) is 0 Å². The minimum atomic E-state index is -0.472. The van der Waals surface area contributed by atoms with Crippen molar-refractivity contribution in [2.75, 3.05) is 0 Å². The van der Waals surface area contributed by atoms with Crippen molar-refractivity contribution < 1.29 is 14.1 Å². The molecule has 100 valence electrons. The average Bonchev–Trinajstić information content (AvgIpc) is 2.85. The first-order valence-corrected chi connectivity index (χ1v) is 6.27. The minimum Gasteiger partial charge on any atom is -0.483 e. The first-order valence-electron chi connectivity index (χ1n) is 5.48. The van der Waals surface area contributed by atoms with Gasteiger partial charge in [-0.3, -0.25) is 10.1 Å². The zero-order valence-electron chi connectivity index (χ0n) is 10.00. The van der Waals surface area contributed by atoms with Crippen molar-refractivity contribution in [2.45, 2.75) is 20.0 Å². The summed E-state index contributed by atoms with van der Waals surface area (Å²) in [5.41, 5.74) is -0.00900. The molecule has 7 nitrogen and oxygen atoms in total. The summed E-state index contributed by atoms with van der Waals surface area (Å²) in [6.45, 7) is 2.02. The van der Waals surface area contributed by atoms with Gasteiger partial charge in [-0.05, 0) is 22.0 Å². The Bertz CT molecular complexity index is 599. The van der Waals surface area contributed by atoms with Crippen molar-refractivity contribution in [3.05, 3.63) is 44.6 Å². The van der Waals surface area contributed by atoms with Crippen LogP contribution >= 0.6 is 15.9 Å². The van der Waals surface area contributed by atoms with Crippen LogP contribution < -0.4 is 4.74 Å². The average molecular weight is 328 g/mol. The second kappa shape index (κ2) is 5.79. The number of nitrogens with zero attached hydrogens (tertiary/aromatic N) is 3. The first kappa shape index (κ1) is 13.5. The Morgan fingerprint density at radius 1 is 1.42 bits per heavy atom. The van der Waals surface area contributed by atoms with Gasteiger partial charge in [0.15, 0.2) is 6.61 Å². The third-order valence-corrected chi connectivity index (χ3v) is 2.91. The molecule has 0 aliphatic carbocycles. The van der Waals surface area contributed by atoms with E-state index in [2.05, 4.69) is 26.1 Å². The van der Waals surface area contributed by atoms with E-state index in [1.54, 1.807) is 0 Å². The third-order valence-electron chi connectivity index (χ3n) is 2.29. The summed E-state index contributed by atoms with van der Waals surface area (Å²) >= 11 is 3.21. The predicted octanol–water partition coefficient (Wildman–Crippen LogP) is 2.88. The molecule has 0 unspecified atom stereocenters. The number of nitro benzene ring substituents is 1. The van der Waals surface area contributed by atoms with E-state index in [1.165, 1.54) is 18.2 Å². The van der Waals surface area contributed by atoms with Gasteiger partial charge in [0.25, 0.3) is 11.6 Å². The second-order valence-electron chi connectivity index (χ2n) is 3.60. The lowest BCUT2D eigenvalue weighted by atomic mass is 10.3. The Kier molecular flexibility index (Phi) is 4.10. The SMILES string of the molecule is CCc1nnc(COc2ccc([N+](=O)[O-])cc2Br)o1. The lowest BCUT2D eigenvalue weighted by Crippen LogP contribution is -1.97. The van der Waals surface area contributed by atoms with Crippen LogP contribution in [0.3, 0.4) is 0 Å². The molecule has 1 heterocycles. The number of aryl methyl sites for hydroxylation is 1. The van der Waals surface area contributed by atoms with Crippen LogP contribution in [0.4, 0.5) is 5.69 Å². The summed E-state index contributed by atoms with van der Waals surface area (Å²) in [6.07, 6.45) is 0.661. The van der Waals surface area contributed by atoms with Crippen LogP contribution in [-0.2, 0) is 13.0 Å². The maximum atomic E-state index is 10.6. The van der Waals surface area contributed by atoms with Gasteiger partial charge in [0.1, 0.15) is 5.75 Å². The summed E-state index contributed by atoms with van der Waals surface area (Å²) < 4.78 is 11.2. The maximum Gasteiger partial charge on any atom is 0.270 e. The van der Waals surface area contributed by atoms with Crippen LogP contribution in [0.2, 0.25) is 0 Å². The topological polar surface area (TPSA) is 91.3 Å². The number of nitro groups is 1. The summed E-state index contributed by atoms with van der Waals surface area (Å²) in [5.74, 6) is 1.38. The molecule has 0 aliphatic rings. The van der Waals surface area contributed by atoms with Crippen LogP contribution in [0.1, 0.15) is 18.7 Å². The Balaban J connectivity index is 2.05. The van der Waals surface area contributed by atoms with Crippen LogP contribution in [-0.4, -0.2) is 15.1 Å². The number of non-ortho nitro benzene ring substituents is 1. The minimum absolute atomic E-state index is 0.00900. The van der Waals surface area contributed by atoms with E-state index in [1.807, 2.05) is 6.92 Å². The van der Waals surface area contributed by atoms with E-state index in [0.717, 1.165) is 0 Å². The molecule has 0 radical (unpaired) electrons. The van der Waals surface area contributed by atoms with Crippen LogP contribution in [0.15, 0.2) is 27.1 Å². The maximum absolute atomic E-state index is 10.6. The highest BCUT2D eigenvalue weighted by Gasteiger charge is 2.11. The molecule has 0 saturated heterocycles. The van der Waals surface area contributed by atoms with Crippen molar-refractivity contribution in [3.63, 3.8) is 0 Å². The fourth-order valence-electron chi connectivity index (χ4n) is 1.35. The molecule has 0 aliphatic heterocycles. The Morgan fingerprint density at radius 2 is 2.16 bits per heavy atom. The fourth-order valence-corrected chi connectivity index (χ4v) is 1.83. The van der Waals surface area contributed by atoms with Crippen LogP contribution in [0.25, 0.3) is 0 Å². The summed E-state index contributed by atoms with van der Waals surface area (Å²) in [5, 5.41) is 18.2. The smallest absolute Gasteiger partial charge is 0.270 e. The van der Waals surface area contributed by atoms with E-state index in [4.69, 9.17) is 9.15 Å². The molecule has 8 heteroatoms. The van der Waals surface area contributed by atoms with E-state index >= 15 is 0 Å². The van der Waals surface area contributed by atoms with E-state index in [9.17, 15) is 10.1 Å². The number of hydrogen-bond acceptors (Lipinski definition) is 6. The molecule has 0 bridgehead atoms. The largest absolute Gasteiger partial charge is 0.483 e. The lowest BCUT2D eigenvalue weighted by molar-refractivity contribution is -0.385. The number of benzene rings is 1.